The molecular weight excluding hydrogens is 148 g/mol. The molecule has 0 atom stereocenters. The highest BCUT2D eigenvalue weighted by Crippen LogP contribution is 2.23. The number of thioether (sulfide) groups is 2. The lowest BCUT2D eigenvalue weighted by molar-refractivity contribution is 0.701. The predicted octanol–water partition coefficient (Wildman–Crippen LogP) is 0.767. The van der Waals surface area contributed by atoms with Gasteiger partial charge in [0.1, 0.15) is 14.8 Å². The second-order valence-electron chi connectivity index (χ2n) is 1.03. The third-order valence-corrected chi connectivity index (χ3v) is 4.10. The zero-order valence-corrected chi connectivity index (χ0v) is 6.00. The standard InChI is InChI=1S/C3H4OS3/c4-7-3-5-1-2-6-3/h1-2H2. The Morgan fingerprint density at radius 3 is 2.29 bits per heavy atom. The minimum Gasteiger partial charge on any atom is -0.211 e. The average molecular weight is 152 g/mol. The molecule has 0 aromatic heterocycles. The van der Waals surface area contributed by atoms with Crippen molar-refractivity contribution < 1.29 is 4.21 Å². The van der Waals surface area contributed by atoms with Crippen LogP contribution >= 0.6 is 23.5 Å². The van der Waals surface area contributed by atoms with Crippen LogP contribution in [0.2, 0.25) is 0 Å². The summed E-state index contributed by atoms with van der Waals surface area (Å²) in [6.45, 7) is 0. The lowest BCUT2D eigenvalue weighted by atomic mass is 11.0. The molecule has 40 valence electrons. The fraction of sp³-hybridized carbons (Fsp3) is 0.667. The summed E-state index contributed by atoms with van der Waals surface area (Å²) in [7, 11) is 0. The van der Waals surface area contributed by atoms with Crippen molar-refractivity contribution in [2.75, 3.05) is 11.5 Å². The van der Waals surface area contributed by atoms with Crippen molar-refractivity contribution in [1.82, 2.24) is 0 Å². The molecule has 1 aliphatic rings. The van der Waals surface area contributed by atoms with Gasteiger partial charge in [0.15, 0.2) is 0 Å². The Morgan fingerprint density at radius 1 is 1.43 bits per heavy atom. The van der Waals surface area contributed by atoms with Gasteiger partial charge in [0, 0.05) is 11.5 Å². The predicted molar refractivity (Wildman–Crippen MR) is 38.1 cm³/mol. The molecule has 0 saturated carbocycles. The van der Waals surface area contributed by atoms with Crippen molar-refractivity contribution in [1.29, 1.82) is 0 Å². The van der Waals surface area contributed by atoms with E-state index in [1.807, 2.05) is 0 Å². The summed E-state index contributed by atoms with van der Waals surface area (Å²) in [5.41, 5.74) is 0. The fourth-order valence-electron chi connectivity index (χ4n) is 0.340. The molecule has 0 spiro atoms. The van der Waals surface area contributed by atoms with E-state index < -0.39 is 0 Å². The van der Waals surface area contributed by atoms with Gasteiger partial charge < -0.3 is 0 Å². The molecule has 7 heavy (non-hydrogen) atoms. The quantitative estimate of drug-likeness (QED) is 0.477. The van der Waals surface area contributed by atoms with Crippen LogP contribution in [-0.4, -0.2) is 19.2 Å². The van der Waals surface area contributed by atoms with E-state index in [2.05, 4.69) is 0 Å². The first-order chi connectivity index (χ1) is 3.43. The summed E-state index contributed by atoms with van der Waals surface area (Å²) in [6.07, 6.45) is 0. The lowest BCUT2D eigenvalue weighted by Crippen LogP contribution is -1.69. The molecule has 0 amide bonds. The van der Waals surface area contributed by atoms with Crippen LogP contribution in [0.3, 0.4) is 0 Å². The Morgan fingerprint density at radius 2 is 2.00 bits per heavy atom. The van der Waals surface area contributed by atoms with Gasteiger partial charge in [-0.2, -0.15) is 0 Å². The SMILES string of the molecule is O=S=C1SCCS1. The van der Waals surface area contributed by atoms with Gasteiger partial charge in [0.05, 0.1) is 0 Å². The van der Waals surface area contributed by atoms with E-state index in [1.165, 1.54) is 0 Å². The Kier molecular flexibility index (Phi) is 2.28. The van der Waals surface area contributed by atoms with Gasteiger partial charge in [-0.1, -0.05) is 0 Å². The summed E-state index contributed by atoms with van der Waals surface area (Å²) in [4.78, 5) is 0. The molecule has 0 unspecified atom stereocenters. The van der Waals surface area contributed by atoms with Gasteiger partial charge in [-0.05, 0) is 0 Å². The average Bonchev–Trinajstić information content (AvgIpc) is 2.14. The van der Waals surface area contributed by atoms with E-state index >= 15 is 0 Å². The molecule has 1 heterocycles. The number of hydrogen-bond donors (Lipinski definition) is 0. The van der Waals surface area contributed by atoms with Gasteiger partial charge in [-0.3, -0.25) is 0 Å². The molecule has 0 N–H and O–H groups in total. The van der Waals surface area contributed by atoms with Crippen molar-refractivity contribution in [3.05, 3.63) is 0 Å². The lowest BCUT2D eigenvalue weighted by Gasteiger charge is -1.75. The fourth-order valence-corrected chi connectivity index (χ4v) is 3.06. The molecule has 4 heteroatoms. The largest absolute Gasteiger partial charge is 0.211 e. The molecule has 1 aliphatic heterocycles. The van der Waals surface area contributed by atoms with Crippen LogP contribution in [0.1, 0.15) is 0 Å². The maximum Gasteiger partial charge on any atom is 0.134 e. The second kappa shape index (κ2) is 2.79. The van der Waals surface area contributed by atoms with E-state index in [0.717, 1.165) is 15.0 Å². The monoisotopic (exact) mass is 152 g/mol. The van der Waals surface area contributed by atoms with Crippen molar-refractivity contribution in [3.8, 4) is 0 Å². The van der Waals surface area contributed by atoms with Gasteiger partial charge in [0.25, 0.3) is 0 Å². The Hall–Kier alpha value is 0.590. The highest BCUT2D eigenvalue weighted by Gasteiger charge is 2.07. The van der Waals surface area contributed by atoms with Crippen molar-refractivity contribution in [2.24, 2.45) is 0 Å². The molecule has 1 rings (SSSR count). The molecule has 0 aromatic carbocycles. The Labute approximate surface area is 54.3 Å². The number of rotatable bonds is 0. The third kappa shape index (κ3) is 1.51. The maximum absolute atomic E-state index is 9.97. The van der Waals surface area contributed by atoms with Gasteiger partial charge >= 0.3 is 0 Å². The van der Waals surface area contributed by atoms with Crippen molar-refractivity contribution >= 4 is 38.3 Å². The summed E-state index contributed by atoms with van der Waals surface area (Å²) < 4.78 is 11.0. The summed E-state index contributed by atoms with van der Waals surface area (Å²) in [5, 5.41) is 0. The van der Waals surface area contributed by atoms with Gasteiger partial charge in [-0.15, -0.1) is 23.5 Å². The molecular formula is C3H4OS3. The van der Waals surface area contributed by atoms with Gasteiger partial charge in [-0.25, -0.2) is 4.21 Å². The van der Waals surface area contributed by atoms with Crippen LogP contribution in [0, 0.1) is 0 Å². The first-order valence-electron chi connectivity index (χ1n) is 1.86. The normalized spacial score (nSPS) is 20.3. The van der Waals surface area contributed by atoms with Crippen LogP contribution in [0.15, 0.2) is 0 Å². The summed E-state index contributed by atoms with van der Waals surface area (Å²) >= 11 is 3.97. The first-order valence-corrected chi connectivity index (χ1v) is 4.57. The number of hydrogen-bond acceptors (Lipinski definition) is 3. The topological polar surface area (TPSA) is 17.1 Å². The van der Waals surface area contributed by atoms with E-state index in [0.29, 0.717) is 11.3 Å². The van der Waals surface area contributed by atoms with Crippen LogP contribution in [-0.2, 0) is 11.3 Å². The highest BCUT2D eigenvalue weighted by molar-refractivity contribution is 8.47. The minimum absolute atomic E-state index is 0.625. The highest BCUT2D eigenvalue weighted by atomic mass is 32.2. The minimum atomic E-state index is 0.625. The molecule has 0 bridgehead atoms. The van der Waals surface area contributed by atoms with E-state index in [9.17, 15) is 4.21 Å². The van der Waals surface area contributed by atoms with Gasteiger partial charge in [0.2, 0.25) is 0 Å². The van der Waals surface area contributed by atoms with Crippen LogP contribution in [0.25, 0.3) is 0 Å². The molecule has 1 saturated heterocycles. The van der Waals surface area contributed by atoms with E-state index in [1.54, 1.807) is 23.5 Å². The summed E-state index contributed by atoms with van der Waals surface area (Å²) in [5.74, 6) is 2.24. The third-order valence-electron chi connectivity index (χ3n) is 0.591. The second-order valence-corrected chi connectivity index (χ2v) is 4.59. The zero-order valence-electron chi connectivity index (χ0n) is 3.55. The Bertz CT molecular complexity index is 107. The zero-order chi connectivity index (χ0) is 5.11. The maximum atomic E-state index is 9.97. The Balaban J connectivity index is 2.57. The van der Waals surface area contributed by atoms with E-state index in [-0.39, 0.29) is 0 Å². The van der Waals surface area contributed by atoms with Crippen molar-refractivity contribution in [3.63, 3.8) is 0 Å². The first kappa shape index (κ1) is 5.72. The van der Waals surface area contributed by atoms with Crippen molar-refractivity contribution in [2.45, 2.75) is 0 Å². The van der Waals surface area contributed by atoms with Crippen LogP contribution in [0.4, 0.5) is 0 Å². The molecule has 0 aliphatic carbocycles. The molecule has 1 nitrogen and oxygen atoms in total. The van der Waals surface area contributed by atoms with Crippen LogP contribution < -0.4 is 0 Å². The summed E-state index contributed by atoms with van der Waals surface area (Å²) in [6, 6.07) is 0. The molecule has 1 fully saturated rings. The van der Waals surface area contributed by atoms with E-state index in [4.69, 9.17) is 0 Å². The smallest absolute Gasteiger partial charge is 0.134 e. The molecule has 0 radical (unpaired) electrons. The molecule has 0 aromatic rings. The van der Waals surface area contributed by atoms with Crippen LogP contribution in [0.5, 0.6) is 0 Å².